The van der Waals surface area contributed by atoms with Crippen LogP contribution >= 0.6 is 12.4 Å². The van der Waals surface area contributed by atoms with E-state index < -0.39 is 0 Å². The summed E-state index contributed by atoms with van der Waals surface area (Å²) < 4.78 is 5.35. The first kappa shape index (κ1) is 18.2. The van der Waals surface area contributed by atoms with Crippen LogP contribution in [0.25, 0.3) is 11.5 Å². The van der Waals surface area contributed by atoms with Crippen LogP contribution < -0.4 is 15.5 Å². The Morgan fingerprint density at radius 2 is 2.21 bits per heavy atom. The molecule has 2 unspecified atom stereocenters. The number of hydrogen-bond acceptors (Lipinski definition) is 6. The Labute approximate surface area is 147 Å². The second-order valence-corrected chi connectivity index (χ2v) is 5.92. The molecule has 1 aliphatic heterocycles. The molecule has 3 rings (SSSR count). The van der Waals surface area contributed by atoms with Crippen molar-refractivity contribution in [2.75, 3.05) is 24.3 Å². The number of benzene rings is 1. The van der Waals surface area contributed by atoms with Crippen LogP contribution in [0.3, 0.4) is 0 Å². The van der Waals surface area contributed by atoms with Crippen LogP contribution in [0.1, 0.15) is 19.7 Å². The molecule has 2 aromatic rings. The minimum absolute atomic E-state index is 0. The molecule has 0 bridgehead atoms. The van der Waals surface area contributed by atoms with Gasteiger partial charge in [0.25, 0.3) is 5.89 Å². The van der Waals surface area contributed by atoms with Crippen molar-refractivity contribution >= 4 is 29.7 Å². The fourth-order valence-corrected chi connectivity index (χ4v) is 2.53. The van der Waals surface area contributed by atoms with Gasteiger partial charge in [0.15, 0.2) is 5.82 Å². The van der Waals surface area contributed by atoms with Crippen molar-refractivity contribution < 1.29 is 9.32 Å². The van der Waals surface area contributed by atoms with E-state index >= 15 is 0 Å². The number of nitrogens with zero attached hydrogens (tertiary/aromatic N) is 3. The SMILES string of the molecule is CNC(C)Cc1noc(-c2ccc3c(c2)NC(=O)C(C)N3C)n1.Cl. The largest absolute Gasteiger partial charge is 0.361 e. The van der Waals surface area contributed by atoms with Crippen LogP contribution in [0.15, 0.2) is 22.7 Å². The summed E-state index contributed by atoms with van der Waals surface area (Å²) in [5, 5.41) is 10.1. The Hall–Kier alpha value is -2.12. The quantitative estimate of drug-likeness (QED) is 0.877. The zero-order valence-corrected chi connectivity index (χ0v) is 15.0. The predicted octanol–water partition coefficient (Wildman–Crippen LogP) is 2.09. The fraction of sp³-hybridized carbons (Fsp3) is 0.438. The van der Waals surface area contributed by atoms with Gasteiger partial charge in [0.2, 0.25) is 5.91 Å². The zero-order chi connectivity index (χ0) is 16.6. The molecule has 0 saturated carbocycles. The van der Waals surface area contributed by atoms with Crippen molar-refractivity contribution in [3.63, 3.8) is 0 Å². The highest BCUT2D eigenvalue weighted by atomic mass is 35.5. The molecule has 130 valence electrons. The topological polar surface area (TPSA) is 83.3 Å². The van der Waals surface area contributed by atoms with Crippen LogP contribution in [0.5, 0.6) is 0 Å². The van der Waals surface area contributed by atoms with Gasteiger partial charge in [-0.1, -0.05) is 5.16 Å². The Balaban J connectivity index is 0.00000208. The number of carbonyl (C=O) groups excluding carboxylic acids is 1. The zero-order valence-electron chi connectivity index (χ0n) is 14.2. The lowest BCUT2D eigenvalue weighted by molar-refractivity contribution is -0.117. The molecule has 0 saturated heterocycles. The summed E-state index contributed by atoms with van der Waals surface area (Å²) in [5.74, 6) is 1.10. The number of anilines is 2. The summed E-state index contributed by atoms with van der Waals surface area (Å²) in [6.07, 6.45) is 0.696. The number of fused-ring (bicyclic) bond motifs is 1. The van der Waals surface area contributed by atoms with Gasteiger partial charge in [-0.2, -0.15) is 4.98 Å². The highest BCUT2D eigenvalue weighted by molar-refractivity contribution is 6.03. The van der Waals surface area contributed by atoms with Crippen LogP contribution in [0.2, 0.25) is 0 Å². The number of amides is 1. The molecule has 24 heavy (non-hydrogen) atoms. The number of rotatable bonds is 4. The molecule has 0 aliphatic carbocycles. The molecule has 1 amide bonds. The molecule has 0 radical (unpaired) electrons. The number of carbonyl (C=O) groups is 1. The van der Waals surface area contributed by atoms with Crippen molar-refractivity contribution in [3.05, 3.63) is 24.0 Å². The van der Waals surface area contributed by atoms with Crippen molar-refractivity contribution in [3.8, 4) is 11.5 Å². The average molecular weight is 352 g/mol. The Morgan fingerprint density at radius 1 is 1.46 bits per heavy atom. The Bertz CT molecular complexity index is 733. The summed E-state index contributed by atoms with van der Waals surface area (Å²) in [4.78, 5) is 18.3. The van der Waals surface area contributed by atoms with E-state index in [9.17, 15) is 4.79 Å². The van der Waals surface area contributed by atoms with E-state index in [-0.39, 0.29) is 30.4 Å². The van der Waals surface area contributed by atoms with Crippen molar-refractivity contribution in [1.82, 2.24) is 15.5 Å². The van der Waals surface area contributed by atoms with Gasteiger partial charge in [-0.3, -0.25) is 4.79 Å². The minimum atomic E-state index is -0.189. The van der Waals surface area contributed by atoms with Gasteiger partial charge < -0.3 is 20.1 Å². The van der Waals surface area contributed by atoms with E-state index in [2.05, 4.69) is 27.7 Å². The van der Waals surface area contributed by atoms with E-state index in [1.54, 1.807) is 0 Å². The predicted molar refractivity (Wildman–Crippen MR) is 95.7 cm³/mol. The van der Waals surface area contributed by atoms with E-state index in [0.717, 1.165) is 16.9 Å². The lowest BCUT2D eigenvalue weighted by atomic mass is 10.1. The van der Waals surface area contributed by atoms with Gasteiger partial charge >= 0.3 is 0 Å². The van der Waals surface area contributed by atoms with Crippen LogP contribution in [-0.2, 0) is 11.2 Å². The molecule has 2 heterocycles. The van der Waals surface area contributed by atoms with E-state index in [4.69, 9.17) is 4.52 Å². The molecular weight excluding hydrogens is 330 g/mol. The number of halogens is 1. The normalized spacial score (nSPS) is 17.8. The second kappa shape index (κ2) is 7.19. The molecule has 8 heteroatoms. The summed E-state index contributed by atoms with van der Waals surface area (Å²) in [7, 11) is 3.81. The van der Waals surface area contributed by atoms with Crippen molar-refractivity contribution in [1.29, 1.82) is 0 Å². The van der Waals surface area contributed by atoms with Crippen LogP contribution in [0, 0.1) is 0 Å². The fourth-order valence-electron chi connectivity index (χ4n) is 2.53. The molecule has 1 aliphatic rings. The van der Waals surface area contributed by atoms with E-state index in [1.807, 2.05) is 44.1 Å². The number of nitrogens with one attached hydrogen (secondary N) is 2. The van der Waals surface area contributed by atoms with Crippen LogP contribution in [-0.4, -0.2) is 42.2 Å². The second-order valence-electron chi connectivity index (χ2n) is 5.92. The van der Waals surface area contributed by atoms with Gasteiger partial charge in [0.05, 0.1) is 11.4 Å². The molecular formula is C16H22ClN5O2. The third-order valence-corrected chi connectivity index (χ3v) is 4.29. The molecule has 2 atom stereocenters. The van der Waals surface area contributed by atoms with Crippen molar-refractivity contribution in [2.24, 2.45) is 0 Å². The summed E-state index contributed by atoms with van der Waals surface area (Å²) in [6.45, 7) is 3.93. The first-order valence-corrected chi connectivity index (χ1v) is 7.67. The number of aromatic nitrogens is 2. The first-order valence-electron chi connectivity index (χ1n) is 7.67. The molecule has 1 aromatic heterocycles. The minimum Gasteiger partial charge on any atom is -0.361 e. The van der Waals surface area contributed by atoms with Crippen molar-refractivity contribution in [2.45, 2.75) is 32.4 Å². The van der Waals surface area contributed by atoms with Crippen LogP contribution in [0.4, 0.5) is 11.4 Å². The Kier molecular flexibility index (Phi) is 5.46. The molecule has 0 spiro atoms. The highest BCUT2D eigenvalue weighted by Gasteiger charge is 2.27. The maximum atomic E-state index is 12.0. The summed E-state index contributed by atoms with van der Waals surface area (Å²) in [5.41, 5.74) is 2.53. The smallest absolute Gasteiger partial charge is 0.257 e. The average Bonchev–Trinajstić information content (AvgIpc) is 3.00. The molecule has 2 N–H and O–H groups in total. The lowest BCUT2D eigenvalue weighted by Gasteiger charge is -2.33. The Morgan fingerprint density at radius 3 is 2.92 bits per heavy atom. The highest BCUT2D eigenvalue weighted by Crippen LogP contribution is 2.34. The first-order chi connectivity index (χ1) is 11.0. The third-order valence-electron chi connectivity index (χ3n) is 4.29. The maximum Gasteiger partial charge on any atom is 0.257 e. The van der Waals surface area contributed by atoms with E-state index in [0.29, 0.717) is 18.1 Å². The summed E-state index contributed by atoms with van der Waals surface area (Å²) in [6, 6.07) is 5.85. The maximum absolute atomic E-state index is 12.0. The lowest BCUT2D eigenvalue weighted by Crippen LogP contribution is -2.43. The van der Waals surface area contributed by atoms with E-state index in [1.165, 1.54) is 0 Å². The molecule has 7 nitrogen and oxygen atoms in total. The molecule has 1 aromatic carbocycles. The van der Waals surface area contributed by atoms with Gasteiger partial charge in [0.1, 0.15) is 6.04 Å². The van der Waals surface area contributed by atoms with Gasteiger partial charge in [-0.15, -0.1) is 12.4 Å². The number of hydrogen-bond donors (Lipinski definition) is 2. The molecule has 0 fully saturated rings. The van der Waals surface area contributed by atoms with Gasteiger partial charge in [-0.05, 0) is 39.1 Å². The van der Waals surface area contributed by atoms with Gasteiger partial charge in [0, 0.05) is 25.1 Å². The van der Waals surface area contributed by atoms with Gasteiger partial charge in [-0.25, -0.2) is 0 Å². The third kappa shape index (κ3) is 3.37. The monoisotopic (exact) mass is 351 g/mol. The standard InChI is InChI=1S/C16H21N5O2.ClH/c1-9(17-3)7-14-19-16(23-20-14)11-5-6-13-12(8-11)18-15(22)10(2)21(13)4;/h5-6,8-10,17H,7H2,1-4H3,(H,18,22);1H. The number of likely N-dealkylation sites (N-methyl/N-ethyl adjacent to an activating group) is 2. The summed E-state index contributed by atoms with van der Waals surface area (Å²) >= 11 is 0.